The van der Waals surface area contributed by atoms with Gasteiger partial charge >= 0.3 is 0 Å². The Bertz CT molecular complexity index is 1820. The van der Waals surface area contributed by atoms with Crippen molar-refractivity contribution in [2.45, 2.75) is 118 Å². The Morgan fingerprint density at radius 2 is 1.59 bits per heavy atom. The van der Waals surface area contributed by atoms with Gasteiger partial charge in [0.25, 0.3) is 5.82 Å². The van der Waals surface area contributed by atoms with E-state index < -0.39 is 0 Å². The van der Waals surface area contributed by atoms with Crippen molar-refractivity contribution >= 4 is 21.9 Å². The van der Waals surface area contributed by atoms with Gasteiger partial charge in [0.2, 0.25) is 0 Å². The quantitative estimate of drug-likeness (QED) is 0.149. The van der Waals surface area contributed by atoms with Crippen molar-refractivity contribution in [3.8, 4) is 17.1 Å². The Morgan fingerprint density at radius 3 is 2.27 bits per heavy atom. The molecule has 3 nitrogen and oxygen atoms in total. The summed E-state index contributed by atoms with van der Waals surface area (Å²) in [5, 5.41) is 2.55. The van der Waals surface area contributed by atoms with E-state index in [9.17, 15) is 0 Å². The number of aryl methyl sites for hydroxylation is 1. The molecule has 1 aliphatic rings. The highest BCUT2D eigenvalue weighted by molar-refractivity contribution is 6.10. The SMILES string of the molecule is CCCCc1ccc2c(c1)oc1c(-n3cc[n+]4c3-c3ccccc3C(C)(CC)C4(C)CC)c(CC(C)C)cc(CC(C)C)c12. The van der Waals surface area contributed by atoms with Crippen molar-refractivity contribution < 1.29 is 8.98 Å². The van der Waals surface area contributed by atoms with Crippen LogP contribution in [0.3, 0.4) is 0 Å². The van der Waals surface area contributed by atoms with E-state index in [1.165, 1.54) is 62.9 Å². The van der Waals surface area contributed by atoms with Crippen LogP contribution in [0.5, 0.6) is 0 Å². The molecule has 0 fully saturated rings. The maximum atomic E-state index is 7.06. The van der Waals surface area contributed by atoms with E-state index in [0.29, 0.717) is 11.8 Å². The number of fused-ring (bicyclic) bond motifs is 6. The molecule has 3 heterocycles. The minimum Gasteiger partial charge on any atom is -0.452 e. The van der Waals surface area contributed by atoms with Crippen molar-refractivity contribution in [2.24, 2.45) is 11.8 Å². The van der Waals surface area contributed by atoms with Crippen LogP contribution in [0, 0.1) is 11.8 Å². The van der Waals surface area contributed by atoms with Gasteiger partial charge in [0, 0.05) is 21.8 Å². The molecule has 6 rings (SSSR count). The van der Waals surface area contributed by atoms with Gasteiger partial charge < -0.3 is 4.42 Å². The number of rotatable bonds is 10. The third-order valence-electron chi connectivity index (χ3n) is 11.0. The summed E-state index contributed by atoms with van der Waals surface area (Å²) >= 11 is 0. The molecule has 2 aromatic heterocycles. The van der Waals surface area contributed by atoms with Crippen LogP contribution >= 0.6 is 0 Å². The van der Waals surface area contributed by atoms with Crippen LogP contribution in [0.4, 0.5) is 0 Å². The topological polar surface area (TPSA) is 21.9 Å². The number of benzene rings is 3. The van der Waals surface area contributed by atoms with Crippen LogP contribution in [0.1, 0.15) is 110 Å². The minimum absolute atomic E-state index is 0.0215. The third kappa shape index (κ3) is 4.65. The lowest BCUT2D eigenvalue weighted by Crippen LogP contribution is -2.67. The van der Waals surface area contributed by atoms with Crippen molar-refractivity contribution in [2.75, 3.05) is 0 Å². The highest BCUT2D eigenvalue weighted by Crippen LogP contribution is 2.50. The molecule has 0 bridgehead atoms. The Labute approximate surface area is 265 Å². The zero-order chi connectivity index (χ0) is 31.4. The summed E-state index contributed by atoms with van der Waals surface area (Å²) in [6.07, 6.45) is 12.4. The van der Waals surface area contributed by atoms with Crippen molar-refractivity contribution in [1.82, 2.24) is 4.57 Å². The fraction of sp³-hybridized carbons (Fsp3) is 0.488. The Kier molecular flexibility index (Phi) is 8.05. The van der Waals surface area contributed by atoms with Gasteiger partial charge in [-0.25, -0.2) is 4.57 Å². The lowest BCUT2D eigenvalue weighted by molar-refractivity contribution is -0.764. The first kappa shape index (κ1) is 30.7. The zero-order valence-electron chi connectivity index (χ0n) is 28.7. The predicted octanol–water partition coefficient (Wildman–Crippen LogP) is 10.9. The molecule has 2 atom stereocenters. The number of nitrogens with zero attached hydrogens (tertiary/aromatic N) is 2. The summed E-state index contributed by atoms with van der Waals surface area (Å²) < 4.78 is 12.1. The first-order valence-corrected chi connectivity index (χ1v) is 17.3. The molecule has 0 saturated carbocycles. The highest BCUT2D eigenvalue weighted by Gasteiger charge is 2.55. The first-order chi connectivity index (χ1) is 21.1. The molecule has 3 aromatic carbocycles. The number of hydrogen-bond donors (Lipinski definition) is 0. The Balaban J connectivity index is 1.72. The van der Waals surface area contributed by atoms with Gasteiger partial charge in [-0.15, -0.1) is 0 Å². The molecule has 1 aliphatic heterocycles. The van der Waals surface area contributed by atoms with Crippen LogP contribution < -0.4 is 4.57 Å². The summed E-state index contributed by atoms with van der Waals surface area (Å²) in [4.78, 5) is 0. The van der Waals surface area contributed by atoms with Gasteiger partial charge in [-0.2, -0.15) is 4.57 Å². The van der Waals surface area contributed by atoms with Gasteiger partial charge in [0.15, 0.2) is 11.3 Å². The van der Waals surface area contributed by atoms with Crippen LogP contribution in [-0.4, -0.2) is 4.57 Å². The fourth-order valence-electron chi connectivity index (χ4n) is 8.20. The lowest BCUT2D eigenvalue weighted by Gasteiger charge is -2.47. The molecule has 0 radical (unpaired) electrons. The van der Waals surface area contributed by atoms with E-state index in [2.05, 4.69) is 132 Å². The van der Waals surface area contributed by atoms with E-state index in [1.54, 1.807) is 0 Å². The summed E-state index contributed by atoms with van der Waals surface area (Å²) in [7, 11) is 0. The normalized spacial score (nSPS) is 19.8. The summed E-state index contributed by atoms with van der Waals surface area (Å²) in [5.41, 5.74) is 10.2. The minimum atomic E-state index is -0.0619. The first-order valence-electron chi connectivity index (χ1n) is 17.3. The molecule has 232 valence electrons. The molecule has 44 heavy (non-hydrogen) atoms. The van der Waals surface area contributed by atoms with E-state index in [0.717, 1.165) is 43.3 Å². The van der Waals surface area contributed by atoms with Gasteiger partial charge in [-0.05, 0) is 86.1 Å². The van der Waals surface area contributed by atoms with Crippen LogP contribution in [-0.2, 0) is 30.2 Å². The second kappa shape index (κ2) is 11.5. The van der Waals surface area contributed by atoms with Crippen molar-refractivity contribution in [3.63, 3.8) is 0 Å². The van der Waals surface area contributed by atoms with Crippen molar-refractivity contribution in [3.05, 3.63) is 83.2 Å². The standard InChI is InChI=1S/C41H53N2O/c1-10-13-16-29-19-20-33-35(25-29)44-38-36(33)30(23-27(4)5)26-31(24-28(6)7)37(38)42-21-22-43-39(42)32-17-14-15-18-34(32)40(8,11-2)41(43,9)12-3/h14-15,17-22,25-28H,10-13,16,23-24H2,1-9H3/q+1. The number of imidazole rings is 1. The van der Waals surface area contributed by atoms with Gasteiger partial charge in [-0.3, -0.25) is 0 Å². The average molecular weight is 590 g/mol. The molecule has 5 aromatic rings. The molecule has 0 saturated heterocycles. The largest absolute Gasteiger partial charge is 0.452 e. The van der Waals surface area contributed by atoms with Crippen LogP contribution in [0.2, 0.25) is 0 Å². The second-order valence-corrected chi connectivity index (χ2v) is 14.7. The van der Waals surface area contributed by atoms with Crippen LogP contribution in [0.15, 0.2) is 65.3 Å². The highest BCUT2D eigenvalue weighted by atomic mass is 16.3. The van der Waals surface area contributed by atoms with E-state index >= 15 is 0 Å². The molecule has 0 spiro atoms. The van der Waals surface area contributed by atoms with Gasteiger partial charge in [-0.1, -0.05) is 98.2 Å². The molecule has 0 amide bonds. The van der Waals surface area contributed by atoms with E-state index in [1.807, 2.05) is 0 Å². The molecule has 0 N–H and O–H groups in total. The number of aromatic nitrogens is 2. The van der Waals surface area contributed by atoms with E-state index in [4.69, 9.17) is 4.42 Å². The smallest absolute Gasteiger partial charge is 0.294 e. The second-order valence-electron chi connectivity index (χ2n) is 14.7. The number of furan rings is 1. The maximum Gasteiger partial charge on any atom is 0.294 e. The fourth-order valence-corrected chi connectivity index (χ4v) is 8.20. The third-order valence-corrected chi connectivity index (χ3v) is 11.0. The van der Waals surface area contributed by atoms with Gasteiger partial charge in [0.1, 0.15) is 23.5 Å². The molecule has 3 heteroatoms. The zero-order valence-corrected chi connectivity index (χ0v) is 28.7. The number of hydrogen-bond acceptors (Lipinski definition) is 1. The Morgan fingerprint density at radius 1 is 0.864 bits per heavy atom. The van der Waals surface area contributed by atoms with E-state index in [-0.39, 0.29) is 11.0 Å². The Hall–Kier alpha value is -3.33. The average Bonchev–Trinajstić information content (AvgIpc) is 3.61. The monoisotopic (exact) mass is 589 g/mol. The molecular formula is C41H53N2O+. The van der Waals surface area contributed by atoms with Crippen molar-refractivity contribution in [1.29, 1.82) is 0 Å². The summed E-state index contributed by atoms with van der Waals surface area (Å²) in [6.45, 7) is 21.3. The van der Waals surface area contributed by atoms with Gasteiger partial charge in [0.05, 0.1) is 5.56 Å². The molecular weight excluding hydrogens is 536 g/mol. The lowest BCUT2D eigenvalue weighted by atomic mass is 9.61. The predicted molar refractivity (Wildman–Crippen MR) is 186 cm³/mol. The molecule has 2 unspecified atom stereocenters. The summed E-state index contributed by atoms with van der Waals surface area (Å²) in [6, 6.07) is 18.7. The van der Waals surface area contributed by atoms with Crippen LogP contribution in [0.25, 0.3) is 39.0 Å². The maximum absolute atomic E-state index is 7.06. The number of unbranched alkanes of at least 4 members (excludes halogenated alkanes) is 1. The summed E-state index contributed by atoms with van der Waals surface area (Å²) in [5.74, 6) is 2.35. The molecule has 0 aliphatic carbocycles.